The lowest BCUT2D eigenvalue weighted by atomic mass is 9.87. The molecule has 0 aliphatic carbocycles. The fourth-order valence-electron chi connectivity index (χ4n) is 1.99. The largest absolute Gasteiger partial charge is 0.508 e. The highest BCUT2D eigenvalue weighted by molar-refractivity contribution is 5.63. The van der Waals surface area contributed by atoms with E-state index in [1.54, 1.807) is 24.3 Å². The SMILES string of the molecule is O=CC(c1ccc(O)cc1)C1CCOC1. The molecule has 3 nitrogen and oxygen atoms in total. The van der Waals surface area contributed by atoms with E-state index in [0.29, 0.717) is 6.61 Å². The summed E-state index contributed by atoms with van der Waals surface area (Å²) in [6.45, 7) is 1.40. The van der Waals surface area contributed by atoms with Gasteiger partial charge >= 0.3 is 0 Å². The molecule has 0 bridgehead atoms. The Bertz CT molecular complexity index is 325. The average molecular weight is 206 g/mol. The molecule has 2 unspecified atom stereocenters. The molecule has 0 amide bonds. The number of aromatic hydroxyl groups is 1. The number of carbonyl (C=O) groups is 1. The molecule has 0 aromatic heterocycles. The molecule has 1 saturated heterocycles. The highest BCUT2D eigenvalue weighted by Gasteiger charge is 2.26. The van der Waals surface area contributed by atoms with Crippen molar-refractivity contribution < 1.29 is 14.6 Å². The number of hydrogen-bond acceptors (Lipinski definition) is 3. The van der Waals surface area contributed by atoms with E-state index in [1.807, 2.05) is 0 Å². The molecule has 1 N–H and O–H groups in total. The summed E-state index contributed by atoms with van der Waals surface area (Å²) in [4.78, 5) is 11.1. The molecule has 1 aromatic carbocycles. The summed E-state index contributed by atoms with van der Waals surface area (Å²) >= 11 is 0. The maximum absolute atomic E-state index is 11.1. The molecule has 1 aliphatic rings. The van der Waals surface area contributed by atoms with Gasteiger partial charge in [-0.1, -0.05) is 12.1 Å². The molecule has 0 radical (unpaired) electrons. The Morgan fingerprint density at radius 2 is 2.13 bits per heavy atom. The summed E-state index contributed by atoms with van der Waals surface area (Å²) in [5.74, 6) is 0.409. The maximum Gasteiger partial charge on any atom is 0.127 e. The minimum atomic E-state index is -0.104. The van der Waals surface area contributed by atoms with Crippen LogP contribution in [0.3, 0.4) is 0 Å². The first-order valence-electron chi connectivity index (χ1n) is 5.13. The van der Waals surface area contributed by atoms with Gasteiger partial charge in [-0.3, -0.25) is 0 Å². The molecule has 1 fully saturated rings. The van der Waals surface area contributed by atoms with E-state index in [2.05, 4.69) is 0 Å². The Labute approximate surface area is 88.7 Å². The van der Waals surface area contributed by atoms with Crippen molar-refractivity contribution in [1.29, 1.82) is 0 Å². The van der Waals surface area contributed by atoms with Gasteiger partial charge in [0.15, 0.2) is 0 Å². The van der Waals surface area contributed by atoms with Gasteiger partial charge in [-0.2, -0.15) is 0 Å². The fraction of sp³-hybridized carbons (Fsp3) is 0.417. The summed E-state index contributed by atoms with van der Waals surface area (Å²) in [7, 11) is 0. The first-order chi connectivity index (χ1) is 7.31. The first-order valence-corrected chi connectivity index (χ1v) is 5.13. The van der Waals surface area contributed by atoms with Crippen LogP contribution >= 0.6 is 0 Å². The van der Waals surface area contributed by atoms with E-state index in [-0.39, 0.29) is 17.6 Å². The lowest BCUT2D eigenvalue weighted by Gasteiger charge is -2.16. The van der Waals surface area contributed by atoms with Crippen LogP contribution in [0.5, 0.6) is 5.75 Å². The zero-order valence-electron chi connectivity index (χ0n) is 8.43. The van der Waals surface area contributed by atoms with Crippen LogP contribution in [-0.4, -0.2) is 24.6 Å². The summed E-state index contributed by atoms with van der Waals surface area (Å²) in [6.07, 6.45) is 1.91. The molecule has 15 heavy (non-hydrogen) atoms. The Morgan fingerprint density at radius 1 is 1.40 bits per heavy atom. The smallest absolute Gasteiger partial charge is 0.127 e. The third kappa shape index (κ3) is 2.18. The minimum Gasteiger partial charge on any atom is -0.508 e. The standard InChI is InChI=1S/C12H14O3/c13-7-12(10-5-6-15-8-10)9-1-3-11(14)4-2-9/h1-4,7,10,12,14H,5-6,8H2. The van der Waals surface area contributed by atoms with Gasteiger partial charge in [0.2, 0.25) is 0 Å². The molecular formula is C12H14O3. The summed E-state index contributed by atoms with van der Waals surface area (Å²) < 4.78 is 5.28. The molecule has 80 valence electrons. The third-order valence-corrected chi connectivity index (χ3v) is 2.90. The van der Waals surface area contributed by atoms with Gasteiger partial charge in [0.05, 0.1) is 6.61 Å². The van der Waals surface area contributed by atoms with Crippen LogP contribution in [0.4, 0.5) is 0 Å². The lowest BCUT2D eigenvalue weighted by molar-refractivity contribution is -0.110. The van der Waals surface area contributed by atoms with Gasteiger partial charge in [-0.25, -0.2) is 0 Å². The zero-order valence-corrected chi connectivity index (χ0v) is 8.43. The van der Waals surface area contributed by atoms with Crippen molar-refractivity contribution in [3.63, 3.8) is 0 Å². The molecule has 0 spiro atoms. The van der Waals surface area contributed by atoms with Crippen molar-refractivity contribution in [2.45, 2.75) is 12.3 Å². The molecule has 1 heterocycles. The van der Waals surface area contributed by atoms with Gasteiger partial charge in [0.1, 0.15) is 12.0 Å². The minimum absolute atomic E-state index is 0.104. The van der Waals surface area contributed by atoms with Crippen molar-refractivity contribution in [3.05, 3.63) is 29.8 Å². The summed E-state index contributed by atoms with van der Waals surface area (Å²) in [5.41, 5.74) is 0.957. The number of ether oxygens (including phenoxy) is 1. The van der Waals surface area contributed by atoms with E-state index in [0.717, 1.165) is 24.9 Å². The van der Waals surface area contributed by atoms with Crippen molar-refractivity contribution >= 4 is 6.29 Å². The Hall–Kier alpha value is -1.35. The quantitative estimate of drug-likeness (QED) is 0.766. The van der Waals surface area contributed by atoms with Gasteiger partial charge in [0, 0.05) is 12.5 Å². The van der Waals surface area contributed by atoms with E-state index in [1.165, 1.54) is 0 Å². The predicted octanol–water partition coefficient (Wildman–Crippen LogP) is 1.71. The highest BCUT2D eigenvalue weighted by atomic mass is 16.5. The van der Waals surface area contributed by atoms with Gasteiger partial charge < -0.3 is 14.6 Å². The number of phenolic OH excluding ortho intramolecular Hbond substituents is 1. The molecular weight excluding hydrogens is 192 g/mol. The first kappa shape index (κ1) is 10.2. The van der Waals surface area contributed by atoms with E-state index in [4.69, 9.17) is 9.84 Å². The lowest BCUT2D eigenvalue weighted by Crippen LogP contribution is -2.14. The molecule has 0 saturated carbocycles. The maximum atomic E-state index is 11.1. The van der Waals surface area contributed by atoms with Crippen LogP contribution in [-0.2, 0) is 9.53 Å². The van der Waals surface area contributed by atoms with Crippen LogP contribution in [0.25, 0.3) is 0 Å². The number of benzene rings is 1. The normalized spacial score (nSPS) is 22.5. The zero-order chi connectivity index (χ0) is 10.7. The molecule has 2 rings (SSSR count). The monoisotopic (exact) mass is 206 g/mol. The third-order valence-electron chi connectivity index (χ3n) is 2.90. The van der Waals surface area contributed by atoms with Crippen LogP contribution in [0.15, 0.2) is 24.3 Å². The Balaban J connectivity index is 2.18. The van der Waals surface area contributed by atoms with Gasteiger partial charge in [0.25, 0.3) is 0 Å². The van der Waals surface area contributed by atoms with Crippen molar-refractivity contribution in [3.8, 4) is 5.75 Å². The van der Waals surface area contributed by atoms with Crippen LogP contribution in [0.1, 0.15) is 17.9 Å². The van der Waals surface area contributed by atoms with Crippen LogP contribution in [0, 0.1) is 5.92 Å². The van der Waals surface area contributed by atoms with Gasteiger partial charge in [-0.05, 0) is 30.0 Å². The van der Waals surface area contributed by atoms with E-state index in [9.17, 15) is 4.79 Å². The number of aldehydes is 1. The number of carbonyl (C=O) groups excluding carboxylic acids is 1. The predicted molar refractivity (Wildman–Crippen MR) is 55.8 cm³/mol. The van der Waals surface area contributed by atoms with E-state index >= 15 is 0 Å². The van der Waals surface area contributed by atoms with Crippen molar-refractivity contribution in [1.82, 2.24) is 0 Å². The second-order valence-electron chi connectivity index (χ2n) is 3.88. The molecule has 1 aromatic rings. The average Bonchev–Trinajstić information content (AvgIpc) is 2.75. The number of rotatable bonds is 3. The molecule has 2 atom stereocenters. The fourth-order valence-corrected chi connectivity index (χ4v) is 1.99. The summed E-state index contributed by atoms with van der Waals surface area (Å²) in [5, 5.41) is 9.16. The second kappa shape index (κ2) is 4.45. The van der Waals surface area contributed by atoms with Crippen molar-refractivity contribution in [2.24, 2.45) is 5.92 Å². The summed E-state index contributed by atoms with van der Waals surface area (Å²) in [6, 6.07) is 6.82. The Morgan fingerprint density at radius 3 is 2.67 bits per heavy atom. The van der Waals surface area contributed by atoms with E-state index < -0.39 is 0 Å². The van der Waals surface area contributed by atoms with Gasteiger partial charge in [-0.15, -0.1) is 0 Å². The number of hydrogen-bond donors (Lipinski definition) is 1. The van der Waals surface area contributed by atoms with Crippen LogP contribution in [0.2, 0.25) is 0 Å². The topological polar surface area (TPSA) is 46.5 Å². The molecule has 3 heteroatoms. The molecule has 1 aliphatic heterocycles. The number of phenols is 1. The van der Waals surface area contributed by atoms with Crippen molar-refractivity contribution in [2.75, 3.05) is 13.2 Å². The van der Waals surface area contributed by atoms with Crippen LogP contribution < -0.4 is 0 Å². The second-order valence-corrected chi connectivity index (χ2v) is 3.88. The Kier molecular flexibility index (Phi) is 3.02. The highest BCUT2D eigenvalue weighted by Crippen LogP contribution is 2.29.